The molecule has 0 saturated heterocycles. The minimum absolute atomic E-state index is 0.184. The number of imidazole rings is 1. The van der Waals surface area contributed by atoms with E-state index in [1.165, 1.54) is 18.1 Å². The van der Waals surface area contributed by atoms with Crippen molar-refractivity contribution in [2.75, 3.05) is 6.54 Å². The third-order valence-corrected chi connectivity index (χ3v) is 4.15. The van der Waals surface area contributed by atoms with Crippen LogP contribution in [0.2, 0.25) is 0 Å². The molecule has 1 heterocycles. The highest BCUT2D eigenvalue weighted by molar-refractivity contribution is 5.58. The maximum Gasteiger partial charge on any atom is 0.410 e. The van der Waals surface area contributed by atoms with E-state index in [-0.39, 0.29) is 12.0 Å². The van der Waals surface area contributed by atoms with Gasteiger partial charge in [0, 0.05) is 23.8 Å². The predicted octanol–water partition coefficient (Wildman–Crippen LogP) is 5.63. The molecule has 1 N–H and O–H groups in total. The minimum Gasteiger partial charge on any atom is -0.323 e. The van der Waals surface area contributed by atoms with Crippen LogP contribution < -0.4 is 5.32 Å². The van der Waals surface area contributed by atoms with Crippen molar-refractivity contribution in [2.24, 2.45) is 5.41 Å². The Bertz CT molecular complexity index is 732. The highest BCUT2D eigenvalue weighted by atomic mass is 19.4. The fourth-order valence-corrected chi connectivity index (χ4v) is 2.86. The average molecular weight is 381 g/mol. The first-order chi connectivity index (χ1) is 12.2. The molecule has 2 rings (SSSR count). The lowest BCUT2D eigenvalue weighted by atomic mass is 9.88. The first-order valence-electron chi connectivity index (χ1n) is 9.19. The van der Waals surface area contributed by atoms with Gasteiger partial charge in [-0.15, -0.1) is 0 Å². The summed E-state index contributed by atoms with van der Waals surface area (Å²) in [6, 6.07) is 6.22. The summed E-state index contributed by atoms with van der Waals surface area (Å²) in [7, 11) is 0. The molecule has 0 radical (unpaired) electrons. The summed E-state index contributed by atoms with van der Waals surface area (Å²) in [6.07, 6.45) is -0.675. The van der Waals surface area contributed by atoms with Crippen molar-refractivity contribution in [3.05, 3.63) is 42.4 Å². The zero-order valence-corrected chi connectivity index (χ0v) is 17.0. The molecule has 0 amide bonds. The molecule has 0 saturated carbocycles. The molecule has 3 nitrogen and oxygen atoms in total. The van der Waals surface area contributed by atoms with Crippen LogP contribution in [0.5, 0.6) is 0 Å². The number of hydrogen-bond acceptors (Lipinski definition) is 2. The van der Waals surface area contributed by atoms with E-state index < -0.39 is 17.8 Å². The molecular weight excluding hydrogens is 351 g/mol. The summed E-state index contributed by atoms with van der Waals surface area (Å²) in [4.78, 5) is 4.20. The Morgan fingerprint density at radius 2 is 1.59 bits per heavy atom. The number of nitrogens with zero attached hydrogens (tertiary/aromatic N) is 2. The molecule has 0 bridgehead atoms. The Balaban J connectivity index is 2.20. The van der Waals surface area contributed by atoms with E-state index in [1.807, 2.05) is 45.0 Å². The van der Waals surface area contributed by atoms with Gasteiger partial charge < -0.3 is 9.88 Å². The third-order valence-electron chi connectivity index (χ3n) is 4.15. The first kappa shape index (κ1) is 21.5. The number of rotatable bonds is 5. The maximum absolute atomic E-state index is 13.5. The molecule has 0 aliphatic rings. The van der Waals surface area contributed by atoms with Crippen LogP contribution in [0, 0.1) is 5.41 Å². The quantitative estimate of drug-likeness (QED) is 0.727. The third kappa shape index (κ3) is 6.69. The summed E-state index contributed by atoms with van der Waals surface area (Å²) in [5.74, 6) is 0. The van der Waals surface area contributed by atoms with Crippen LogP contribution >= 0.6 is 0 Å². The molecule has 0 aliphatic heterocycles. The van der Waals surface area contributed by atoms with Crippen molar-refractivity contribution in [2.45, 2.75) is 65.7 Å². The van der Waals surface area contributed by atoms with Gasteiger partial charge in [-0.2, -0.15) is 13.2 Å². The van der Waals surface area contributed by atoms with Crippen LogP contribution in [-0.4, -0.2) is 27.8 Å². The normalized spacial score (nSPS) is 14.4. The van der Waals surface area contributed by atoms with E-state index in [0.29, 0.717) is 5.69 Å². The van der Waals surface area contributed by atoms with Gasteiger partial charge in [0.05, 0.1) is 12.0 Å². The molecule has 1 aromatic heterocycles. The van der Waals surface area contributed by atoms with Gasteiger partial charge >= 0.3 is 6.18 Å². The van der Waals surface area contributed by atoms with Crippen LogP contribution in [0.1, 0.15) is 53.1 Å². The smallest absolute Gasteiger partial charge is 0.323 e. The van der Waals surface area contributed by atoms with E-state index >= 15 is 0 Å². The second kappa shape index (κ2) is 7.66. The summed E-state index contributed by atoms with van der Waals surface area (Å²) in [5.41, 5.74) is 2.35. The van der Waals surface area contributed by atoms with Crippen molar-refractivity contribution >= 4 is 0 Å². The second-order valence-electron chi connectivity index (χ2n) is 9.33. The van der Waals surface area contributed by atoms with Gasteiger partial charge in [0.25, 0.3) is 0 Å². The Kier molecular flexibility index (Phi) is 6.10. The van der Waals surface area contributed by atoms with Gasteiger partial charge in [0.2, 0.25) is 0 Å². The molecule has 150 valence electrons. The summed E-state index contributed by atoms with van der Waals surface area (Å²) < 4.78 is 41.7. The maximum atomic E-state index is 13.5. The Hall–Kier alpha value is -1.82. The highest BCUT2D eigenvalue weighted by Crippen LogP contribution is 2.32. The zero-order chi connectivity index (χ0) is 20.5. The molecule has 1 atom stereocenters. The number of aromatic nitrogens is 2. The number of nitrogens with one attached hydrogen (secondary N) is 1. The van der Waals surface area contributed by atoms with E-state index in [4.69, 9.17) is 0 Å². The predicted molar refractivity (Wildman–Crippen MR) is 104 cm³/mol. The molecule has 0 aliphatic carbocycles. The Morgan fingerprint density at radius 1 is 1.00 bits per heavy atom. The molecule has 0 unspecified atom stereocenters. The van der Waals surface area contributed by atoms with Gasteiger partial charge in [0.15, 0.2) is 0 Å². The van der Waals surface area contributed by atoms with Crippen molar-refractivity contribution in [3.8, 4) is 11.3 Å². The molecule has 0 fully saturated rings. The lowest BCUT2D eigenvalue weighted by Gasteiger charge is -2.27. The van der Waals surface area contributed by atoms with Crippen LogP contribution in [0.4, 0.5) is 13.2 Å². The van der Waals surface area contributed by atoms with Gasteiger partial charge in [-0.3, -0.25) is 0 Å². The second-order valence-corrected chi connectivity index (χ2v) is 9.33. The molecule has 27 heavy (non-hydrogen) atoms. The monoisotopic (exact) mass is 381 g/mol. The van der Waals surface area contributed by atoms with Crippen molar-refractivity contribution in [3.63, 3.8) is 0 Å². The zero-order valence-electron chi connectivity index (χ0n) is 17.0. The molecule has 2 aromatic rings. The summed E-state index contributed by atoms with van der Waals surface area (Å²) >= 11 is 0. The summed E-state index contributed by atoms with van der Waals surface area (Å²) in [5, 5.41) is 2.94. The largest absolute Gasteiger partial charge is 0.410 e. The standard InChI is InChI=1S/C21H30F3N3/c1-19(2,3)11-15-7-9-16(10-8-15)17-13-27(14-25-17)18(21(22,23)24)12-26-20(4,5)6/h7-10,13-14,18,26H,11-12H2,1-6H3/t18-/m0/s1. The van der Waals surface area contributed by atoms with Gasteiger partial charge in [-0.25, -0.2) is 4.98 Å². The fraction of sp³-hybridized carbons (Fsp3) is 0.571. The number of hydrogen-bond donors (Lipinski definition) is 1. The van der Waals surface area contributed by atoms with Crippen LogP contribution in [0.15, 0.2) is 36.8 Å². The number of alkyl halides is 3. The molecule has 6 heteroatoms. The highest BCUT2D eigenvalue weighted by Gasteiger charge is 2.41. The van der Waals surface area contributed by atoms with E-state index in [2.05, 4.69) is 31.1 Å². The lowest BCUT2D eigenvalue weighted by Crippen LogP contribution is -2.43. The summed E-state index contributed by atoms with van der Waals surface area (Å²) in [6.45, 7) is 11.9. The van der Waals surface area contributed by atoms with E-state index in [9.17, 15) is 13.2 Å². The molecular formula is C21H30F3N3. The fourth-order valence-electron chi connectivity index (χ4n) is 2.86. The van der Waals surface area contributed by atoms with Gasteiger partial charge in [-0.1, -0.05) is 45.0 Å². The number of halogens is 3. The van der Waals surface area contributed by atoms with Crippen LogP contribution in [-0.2, 0) is 6.42 Å². The number of benzene rings is 1. The van der Waals surface area contributed by atoms with Crippen molar-refractivity contribution in [1.29, 1.82) is 0 Å². The average Bonchev–Trinajstić information content (AvgIpc) is 2.93. The van der Waals surface area contributed by atoms with Crippen molar-refractivity contribution in [1.82, 2.24) is 14.9 Å². The first-order valence-corrected chi connectivity index (χ1v) is 9.19. The van der Waals surface area contributed by atoms with Crippen molar-refractivity contribution < 1.29 is 13.2 Å². The van der Waals surface area contributed by atoms with Gasteiger partial charge in [-0.05, 0) is 38.2 Å². The molecule has 0 spiro atoms. The topological polar surface area (TPSA) is 29.9 Å². The van der Waals surface area contributed by atoms with Gasteiger partial charge in [0.1, 0.15) is 6.04 Å². The van der Waals surface area contributed by atoms with E-state index in [1.54, 1.807) is 0 Å². The lowest BCUT2D eigenvalue weighted by molar-refractivity contribution is -0.167. The SMILES string of the molecule is CC(C)(C)Cc1ccc(-c2cn([C@@H](CNC(C)(C)C)C(F)(F)F)cn2)cc1. The minimum atomic E-state index is -4.35. The molecule has 1 aromatic carbocycles. The van der Waals surface area contributed by atoms with Crippen LogP contribution in [0.25, 0.3) is 11.3 Å². The Morgan fingerprint density at radius 3 is 2.07 bits per heavy atom. The van der Waals surface area contributed by atoms with E-state index in [0.717, 1.165) is 16.6 Å². The Labute approximate surface area is 160 Å². The van der Waals surface area contributed by atoms with Crippen LogP contribution in [0.3, 0.4) is 0 Å².